The summed E-state index contributed by atoms with van der Waals surface area (Å²) in [6, 6.07) is 5.88. The second-order valence-electron chi connectivity index (χ2n) is 4.06. The summed E-state index contributed by atoms with van der Waals surface area (Å²) < 4.78 is 47.3. The molecule has 5 N–H and O–H groups in total. The lowest BCUT2D eigenvalue weighted by molar-refractivity contribution is 0.585. The Morgan fingerprint density at radius 3 is 2.15 bits per heavy atom. The zero-order valence-electron chi connectivity index (χ0n) is 10.4. The summed E-state index contributed by atoms with van der Waals surface area (Å²) in [6.45, 7) is 0.166. The van der Waals surface area contributed by atoms with Gasteiger partial charge in [-0.05, 0) is 24.1 Å². The summed E-state index contributed by atoms with van der Waals surface area (Å²) in [7, 11) is -7.23. The maximum atomic E-state index is 11.4. The molecule has 0 saturated heterocycles. The van der Waals surface area contributed by atoms with Gasteiger partial charge in [0.25, 0.3) is 0 Å². The second kappa shape index (κ2) is 6.59. The molecule has 0 aromatic heterocycles. The molecule has 7 nitrogen and oxygen atoms in total. The van der Waals surface area contributed by atoms with Crippen LogP contribution in [0.3, 0.4) is 0 Å². The van der Waals surface area contributed by atoms with Crippen LogP contribution in [0.15, 0.2) is 29.2 Å². The third-order valence-electron chi connectivity index (χ3n) is 2.32. The van der Waals surface area contributed by atoms with Crippen LogP contribution < -0.4 is 15.6 Å². The maximum absolute atomic E-state index is 11.4. The average molecular weight is 337 g/mol. The largest absolute Gasteiger partial charge is 0.392 e. The van der Waals surface area contributed by atoms with Crippen LogP contribution in [-0.2, 0) is 26.5 Å². The molecule has 0 aliphatic rings. The zero-order chi connectivity index (χ0) is 15.4. The maximum Gasteiger partial charge on any atom is 0.238 e. The number of thiocarbonyl (C=S) groups is 1. The first-order valence-corrected chi connectivity index (χ1v) is 9.08. The number of nitrogens with two attached hydrogens (primary N) is 2. The fourth-order valence-corrected chi connectivity index (χ4v) is 3.31. The molecule has 0 spiro atoms. The van der Waals surface area contributed by atoms with Gasteiger partial charge in [0.2, 0.25) is 20.0 Å². The van der Waals surface area contributed by atoms with Gasteiger partial charge in [0.05, 0.1) is 9.88 Å². The van der Waals surface area contributed by atoms with Crippen molar-refractivity contribution in [2.75, 3.05) is 12.3 Å². The third-order valence-corrected chi connectivity index (χ3v) is 4.91. The summed E-state index contributed by atoms with van der Waals surface area (Å²) in [5, 5.41) is 4.97. The fourth-order valence-electron chi connectivity index (χ4n) is 1.43. The van der Waals surface area contributed by atoms with Crippen LogP contribution in [0, 0.1) is 0 Å². The molecule has 0 unspecified atom stereocenters. The summed E-state index contributed by atoms with van der Waals surface area (Å²) >= 11 is 4.53. The van der Waals surface area contributed by atoms with Gasteiger partial charge in [-0.3, -0.25) is 0 Å². The third kappa shape index (κ3) is 5.92. The predicted octanol–water partition coefficient (Wildman–Crippen LogP) is -0.918. The van der Waals surface area contributed by atoms with Crippen molar-refractivity contribution in [3.8, 4) is 0 Å². The Bertz CT molecular complexity index is 681. The lowest BCUT2D eigenvalue weighted by Gasteiger charge is -2.06. The monoisotopic (exact) mass is 337 g/mol. The van der Waals surface area contributed by atoms with Gasteiger partial charge >= 0.3 is 0 Å². The normalized spacial score (nSPS) is 12.2. The smallest absolute Gasteiger partial charge is 0.238 e. The molecule has 112 valence electrons. The molecule has 0 aliphatic heterocycles. The number of hydrogen-bond donors (Lipinski definition) is 3. The molecule has 0 atom stereocenters. The molecule has 0 heterocycles. The van der Waals surface area contributed by atoms with E-state index in [1.54, 1.807) is 12.1 Å². The van der Waals surface area contributed by atoms with E-state index in [0.29, 0.717) is 6.42 Å². The first-order valence-electron chi connectivity index (χ1n) is 5.47. The van der Waals surface area contributed by atoms with E-state index in [2.05, 4.69) is 16.9 Å². The molecule has 0 fully saturated rings. The minimum absolute atomic E-state index is 0.00955. The summed E-state index contributed by atoms with van der Waals surface area (Å²) in [5.41, 5.74) is 5.94. The van der Waals surface area contributed by atoms with Crippen molar-refractivity contribution in [1.29, 1.82) is 0 Å². The molecule has 0 radical (unpaired) electrons. The minimum Gasteiger partial charge on any atom is -0.392 e. The number of primary sulfonamides is 1. The first-order chi connectivity index (χ1) is 9.10. The van der Waals surface area contributed by atoms with Gasteiger partial charge < -0.3 is 5.73 Å². The van der Waals surface area contributed by atoms with Crippen molar-refractivity contribution in [3.05, 3.63) is 29.8 Å². The van der Waals surface area contributed by atoms with Crippen LogP contribution in [0.5, 0.6) is 0 Å². The number of hydrogen-bond acceptors (Lipinski definition) is 5. The Labute approximate surface area is 123 Å². The van der Waals surface area contributed by atoms with E-state index in [0.717, 1.165) is 5.56 Å². The standard InChI is InChI=1S/C10H15N3O4S3/c11-10(18)7-19(14,15)13-6-5-8-1-3-9(4-2-8)20(12,16)17/h1-4,13H,5-7H2,(H2,11,18)(H2,12,16,17). The SMILES string of the molecule is NC(=S)CS(=O)(=O)NCCc1ccc(S(N)(=O)=O)cc1. The van der Waals surface area contributed by atoms with Gasteiger partial charge in [-0.25, -0.2) is 26.7 Å². The van der Waals surface area contributed by atoms with E-state index in [4.69, 9.17) is 10.9 Å². The Morgan fingerprint density at radius 1 is 1.15 bits per heavy atom. The lowest BCUT2D eigenvalue weighted by Crippen LogP contribution is -2.33. The van der Waals surface area contributed by atoms with Crippen LogP contribution in [0.25, 0.3) is 0 Å². The van der Waals surface area contributed by atoms with Crippen molar-refractivity contribution >= 4 is 37.3 Å². The van der Waals surface area contributed by atoms with E-state index in [9.17, 15) is 16.8 Å². The van der Waals surface area contributed by atoms with E-state index in [1.807, 2.05) is 0 Å². The molecule has 0 bridgehead atoms. The van der Waals surface area contributed by atoms with Crippen LogP contribution in [0.4, 0.5) is 0 Å². The van der Waals surface area contributed by atoms with Crippen molar-refractivity contribution in [2.45, 2.75) is 11.3 Å². The van der Waals surface area contributed by atoms with E-state index in [1.165, 1.54) is 12.1 Å². The second-order valence-corrected chi connectivity index (χ2v) is 7.95. The van der Waals surface area contributed by atoms with Gasteiger partial charge in [0, 0.05) is 6.54 Å². The van der Waals surface area contributed by atoms with Gasteiger partial charge in [0.1, 0.15) is 5.75 Å². The van der Waals surface area contributed by atoms with Gasteiger partial charge in [-0.15, -0.1) is 0 Å². The number of rotatable bonds is 7. The predicted molar refractivity (Wildman–Crippen MR) is 80.1 cm³/mol. The number of benzene rings is 1. The van der Waals surface area contributed by atoms with E-state index >= 15 is 0 Å². The molecule has 0 amide bonds. The highest BCUT2D eigenvalue weighted by Gasteiger charge is 2.11. The van der Waals surface area contributed by atoms with Gasteiger partial charge in [-0.1, -0.05) is 24.4 Å². The van der Waals surface area contributed by atoms with Crippen molar-refractivity contribution in [1.82, 2.24) is 4.72 Å². The summed E-state index contributed by atoms with van der Waals surface area (Å²) in [4.78, 5) is -0.0923. The molecule has 1 aromatic carbocycles. The van der Waals surface area contributed by atoms with Gasteiger partial charge in [-0.2, -0.15) is 0 Å². The average Bonchev–Trinajstić information content (AvgIpc) is 2.26. The highest BCUT2D eigenvalue weighted by Crippen LogP contribution is 2.08. The fraction of sp³-hybridized carbons (Fsp3) is 0.300. The molecule has 0 saturated carbocycles. The highest BCUT2D eigenvalue weighted by atomic mass is 32.2. The Hall–Kier alpha value is -1.07. The number of nitrogens with one attached hydrogen (secondary N) is 1. The Morgan fingerprint density at radius 2 is 1.70 bits per heavy atom. The summed E-state index contributed by atoms with van der Waals surface area (Å²) in [5.74, 6) is -0.396. The molecule has 0 aliphatic carbocycles. The quantitative estimate of drug-likeness (QED) is 0.551. The Balaban J connectivity index is 2.57. The molecule has 20 heavy (non-hydrogen) atoms. The zero-order valence-corrected chi connectivity index (χ0v) is 12.9. The van der Waals surface area contributed by atoms with E-state index in [-0.39, 0.29) is 16.4 Å². The van der Waals surface area contributed by atoms with Crippen molar-refractivity contribution in [2.24, 2.45) is 10.9 Å². The topological polar surface area (TPSA) is 132 Å². The first kappa shape index (κ1) is 17.0. The molecule has 1 rings (SSSR count). The van der Waals surface area contributed by atoms with Crippen LogP contribution in [-0.4, -0.2) is 34.1 Å². The molecule has 10 heteroatoms. The summed E-state index contributed by atoms with van der Waals surface area (Å²) in [6.07, 6.45) is 0.404. The van der Waals surface area contributed by atoms with Crippen LogP contribution in [0.1, 0.15) is 5.56 Å². The molecular weight excluding hydrogens is 322 g/mol. The van der Waals surface area contributed by atoms with Crippen molar-refractivity contribution in [3.63, 3.8) is 0 Å². The van der Waals surface area contributed by atoms with Gasteiger partial charge in [0.15, 0.2) is 0 Å². The number of sulfonamides is 2. The minimum atomic E-state index is -3.72. The van der Waals surface area contributed by atoms with E-state index < -0.39 is 25.8 Å². The van der Waals surface area contributed by atoms with Crippen LogP contribution in [0.2, 0.25) is 0 Å². The molecule has 1 aromatic rings. The lowest BCUT2D eigenvalue weighted by atomic mass is 10.2. The Kier molecular flexibility index (Phi) is 5.59. The molecular formula is C10H15N3O4S3. The van der Waals surface area contributed by atoms with Crippen molar-refractivity contribution < 1.29 is 16.8 Å². The highest BCUT2D eigenvalue weighted by molar-refractivity contribution is 7.92. The van der Waals surface area contributed by atoms with Crippen LogP contribution >= 0.6 is 12.2 Å².